The Morgan fingerprint density at radius 3 is 2.53 bits per heavy atom. The molecule has 0 saturated heterocycles. The van der Waals surface area contributed by atoms with E-state index in [0.717, 1.165) is 31.9 Å². The van der Waals surface area contributed by atoms with E-state index >= 15 is 0 Å². The van der Waals surface area contributed by atoms with Crippen molar-refractivity contribution in [1.82, 2.24) is 10.2 Å². The molecule has 0 heterocycles. The predicted molar refractivity (Wildman–Crippen MR) is 81.7 cm³/mol. The van der Waals surface area contributed by atoms with Gasteiger partial charge in [0, 0.05) is 13.1 Å². The lowest BCUT2D eigenvalue weighted by Gasteiger charge is -2.21. The van der Waals surface area contributed by atoms with Crippen molar-refractivity contribution in [3.63, 3.8) is 0 Å². The molecule has 108 valence electrons. The Balaban J connectivity index is 2.30. The topological polar surface area (TPSA) is 24.5 Å². The highest BCUT2D eigenvalue weighted by Crippen LogP contribution is 2.13. The Kier molecular flexibility index (Phi) is 7.53. The molecule has 0 spiro atoms. The second kappa shape index (κ2) is 8.94. The average Bonchev–Trinajstić information content (AvgIpc) is 2.39. The number of methoxy groups -OCH3 is 1. The summed E-state index contributed by atoms with van der Waals surface area (Å²) in [6, 6.07) is 8.31. The fourth-order valence-corrected chi connectivity index (χ4v) is 2.23. The zero-order chi connectivity index (χ0) is 14.1. The maximum Gasteiger partial charge on any atom is 0.118 e. The highest BCUT2D eigenvalue weighted by molar-refractivity contribution is 5.26. The third-order valence-electron chi connectivity index (χ3n) is 3.15. The van der Waals surface area contributed by atoms with E-state index in [1.54, 1.807) is 7.11 Å². The molecule has 1 N–H and O–H groups in total. The van der Waals surface area contributed by atoms with Crippen LogP contribution in [0.2, 0.25) is 0 Å². The van der Waals surface area contributed by atoms with Crippen LogP contribution in [0, 0.1) is 5.92 Å². The molecule has 0 aliphatic rings. The predicted octanol–water partition coefficient (Wildman–Crippen LogP) is 2.76. The summed E-state index contributed by atoms with van der Waals surface area (Å²) in [6.45, 7) is 8.82. The van der Waals surface area contributed by atoms with Crippen LogP contribution < -0.4 is 10.1 Å². The molecule has 1 rings (SSSR count). The van der Waals surface area contributed by atoms with Crippen molar-refractivity contribution in [2.45, 2.75) is 26.8 Å². The number of hydrogen-bond acceptors (Lipinski definition) is 3. The van der Waals surface area contributed by atoms with E-state index in [-0.39, 0.29) is 0 Å². The minimum Gasteiger partial charge on any atom is -0.497 e. The van der Waals surface area contributed by atoms with Crippen LogP contribution in [-0.4, -0.2) is 38.7 Å². The summed E-state index contributed by atoms with van der Waals surface area (Å²) in [7, 11) is 3.88. The van der Waals surface area contributed by atoms with Crippen LogP contribution in [-0.2, 0) is 6.54 Å². The Morgan fingerprint density at radius 1 is 1.26 bits per heavy atom. The van der Waals surface area contributed by atoms with Crippen LogP contribution in [0.3, 0.4) is 0 Å². The quantitative estimate of drug-likeness (QED) is 0.694. The zero-order valence-corrected chi connectivity index (χ0v) is 12.8. The number of nitrogens with one attached hydrogen (secondary N) is 1. The van der Waals surface area contributed by atoms with Gasteiger partial charge in [-0.25, -0.2) is 0 Å². The lowest BCUT2D eigenvalue weighted by atomic mass is 10.1. The standard InChI is InChI=1S/C16H28N2O/c1-5-10-17-11-14(2)12-18(3)13-15-6-8-16(19-4)9-7-15/h6-9,14,17H,5,10-13H2,1-4H3. The second-order valence-electron chi connectivity index (χ2n) is 5.35. The van der Waals surface area contributed by atoms with Crippen molar-refractivity contribution in [3.8, 4) is 5.75 Å². The van der Waals surface area contributed by atoms with Crippen molar-refractivity contribution < 1.29 is 4.74 Å². The molecule has 19 heavy (non-hydrogen) atoms. The summed E-state index contributed by atoms with van der Waals surface area (Å²) >= 11 is 0. The molecule has 1 aromatic carbocycles. The molecule has 3 heteroatoms. The molecule has 0 aromatic heterocycles. The monoisotopic (exact) mass is 264 g/mol. The number of nitrogens with zero attached hydrogens (tertiary/aromatic N) is 1. The van der Waals surface area contributed by atoms with Crippen LogP contribution in [0.25, 0.3) is 0 Å². The minimum atomic E-state index is 0.676. The van der Waals surface area contributed by atoms with Crippen molar-refractivity contribution in [1.29, 1.82) is 0 Å². The molecule has 3 nitrogen and oxygen atoms in total. The van der Waals surface area contributed by atoms with Gasteiger partial charge >= 0.3 is 0 Å². The number of rotatable bonds is 9. The first-order valence-corrected chi connectivity index (χ1v) is 7.18. The Hall–Kier alpha value is -1.06. The summed E-state index contributed by atoms with van der Waals surface area (Å²) < 4.78 is 5.17. The van der Waals surface area contributed by atoms with Gasteiger partial charge in [-0.15, -0.1) is 0 Å². The van der Waals surface area contributed by atoms with Gasteiger partial charge in [0.25, 0.3) is 0 Å². The molecule has 1 atom stereocenters. The summed E-state index contributed by atoms with van der Waals surface area (Å²) in [6.07, 6.45) is 1.20. The number of hydrogen-bond donors (Lipinski definition) is 1. The van der Waals surface area contributed by atoms with E-state index < -0.39 is 0 Å². The normalized spacial score (nSPS) is 12.7. The number of ether oxygens (including phenoxy) is 1. The molecule has 0 saturated carbocycles. The van der Waals surface area contributed by atoms with Gasteiger partial charge in [-0.3, -0.25) is 0 Å². The van der Waals surface area contributed by atoms with Gasteiger partial charge in [0.2, 0.25) is 0 Å². The van der Waals surface area contributed by atoms with Gasteiger partial charge in [0.1, 0.15) is 5.75 Å². The van der Waals surface area contributed by atoms with E-state index in [9.17, 15) is 0 Å². The summed E-state index contributed by atoms with van der Waals surface area (Å²) in [5.41, 5.74) is 1.33. The van der Waals surface area contributed by atoms with E-state index in [2.05, 4.69) is 43.2 Å². The van der Waals surface area contributed by atoms with Gasteiger partial charge in [-0.1, -0.05) is 26.0 Å². The van der Waals surface area contributed by atoms with Crippen molar-refractivity contribution >= 4 is 0 Å². The van der Waals surface area contributed by atoms with Crippen molar-refractivity contribution in [3.05, 3.63) is 29.8 Å². The van der Waals surface area contributed by atoms with E-state index in [0.29, 0.717) is 5.92 Å². The first-order valence-electron chi connectivity index (χ1n) is 7.18. The summed E-state index contributed by atoms with van der Waals surface area (Å²) in [5, 5.41) is 3.48. The first-order chi connectivity index (χ1) is 9.15. The molecule has 0 aliphatic carbocycles. The molecule has 0 bridgehead atoms. The largest absolute Gasteiger partial charge is 0.497 e. The van der Waals surface area contributed by atoms with Crippen LogP contribution >= 0.6 is 0 Å². The van der Waals surface area contributed by atoms with Crippen LogP contribution in [0.15, 0.2) is 24.3 Å². The zero-order valence-electron chi connectivity index (χ0n) is 12.8. The van der Waals surface area contributed by atoms with Gasteiger partial charge < -0.3 is 15.0 Å². The van der Waals surface area contributed by atoms with Crippen molar-refractivity contribution in [2.75, 3.05) is 33.8 Å². The minimum absolute atomic E-state index is 0.676. The Labute approximate surface area is 118 Å². The fraction of sp³-hybridized carbons (Fsp3) is 0.625. The maximum atomic E-state index is 5.17. The average molecular weight is 264 g/mol. The smallest absolute Gasteiger partial charge is 0.118 e. The third-order valence-corrected chi connectivity index (χ3v) is 3.15. The second-order valence-corrected chi connectivity index (χ2v) is 5.35. The molecule has 1 aromatic rings. The van der Waals surface area contributed by atoms with E-state index in [1.807, 2.05) is 12.1 Å². The Morgan fingerprint density at radius 2 is 1.95 bits per heavy atom. The summed E-state index contributed by atoms with van der Waals surface area (Å²) in [5.74, 6) is 1.60. The van der Waals surface area contributed by atoms with Gasteiger partial charge in [-0.05, 0) is 50.2 Å². The lowest BCUT2D eigenvalue weighted by Crippen LogP contribution is -2.31. The lowest BCUT2D eigenvalue weighted by molar-refractivity contribution is 0.274. The van der Waals surface area contributed by atoms with Crippen LogP contribution in [0.4, 0.5) is 0 Å². The SMILES string of the molecule is CCCNCC(C)CN(C)Cc1ccc(OC)cc1. The molecular formula is C16H28N2O. The number of benzene rings is 1. The maximum absolute atomic E-state index is 5.17. The van der Waals surface area contributed by atoms with Crippen molar-refractivity contribution in [2.24, 2.45) is 5.92 Å². The van der Waals surface area contributed by atoms with E-state index in [4.69, 9.17) is 4.74 Å². The van der Waals surface area contributed by atoms with Crippen LogP contribution in [0.5, 0.6) is 5.75 Å². The van der Waals surface area contributed by atoms with Gasteiger partial charge in [-0.2, -0.15) is 0 Å². The first kappa shape index (κ1) is 16.0. The molecule has 0 aliphatic heterocycles. The molecular weight excluding hydrogens is 236 g/mol. The Bertz CT molecular complexity index is 337. The molecule has 1 unspecified atom stereocenters. The molecule has 0 amide bonds. The van der Waals surface area contributed by atoms with Gasteiger partial charge in [0.05, 0.1) is 7.11 Å². The molecule has 0 radical (unpaired) electrons. The van der Waals surface area contributed by atoms with Crippen LogP contribution in [0.1, 0.15) is 25.8 Å². The molecule has 0 fully saturated rings. The fourth-order valence-electron chi connectivity index (χ4n) is 2.23. The van der Waals surface area contributed by atoms with E-state index in [1.165, 1.54) is 12.0 Å². The van der Waals surface area contributed by atoms with Gasteiger partial charge in [0.15, 0.2) is 0 Å². The third kappa shape index (κ3) is 6.60. The highest BCUT2D eigenvalue weighted by atomic mass is 16.5. The highest BCUT2D eigenvalue weighted by Gasteiger charge is 2.06. The summed E-state index contributed by atoms with van der Waals surface area (Å²) in [4.78, 5) is 2.38.